The van der Waals surface area contributed by atoms with Gasteiger partial charge in [0.15, 0.2) is 5.96 Å². The van der Waals surface area contributed by atoms with E-state index >= 15 is 0 Å². The SMILES string of the molecule is CN(CC(F)(F)F)C(=O)CN=C(N)N1CCCCC1. The van der Waals surface area contributed by atoms with Crippen LogP contribution in [0, 0.1) is 0 Å². The number of guanidine groups is 1. The summed E-state index contributed by atoms with van der Waals surface area (Å²) in [4.78, 5) is 17.8. The Bertz CT molecular complexity index is 337. The molecule has 0 bridgehead atoms. The van der Waals surface area contributed by atoms with Crippen molar-refractivity contribution >= 4 is 11.9 Å². The number of halogens is 3. The molecular weight excluding hydrogens is 261 g/mol. The van der Waals surface area contributed by atoms with Gasteiger partial charge < -0.3 is 15.5 Å². The molecule has 8 heteroatoms. The smallest absolute Gasteiger partial charge is 0.370 e. The molecule has 0 aliphatic carbocycles. The third kappa shape index (κ3) is 5.80. The fraction of sp³-hybridized carbons (Fsp3) is 0.818. The molecule has 0 saturated carbocycles. The molecule has 0 aromatic rings. The van der Waals surface area contributed by atoms with E-state index in [1.54, 1.807) is 0 Å². The highest BCUT2D eigenvalue weighted by Crippen LogP contribution is 2.15. The number of aliphatic imine (C=N–C) groups is 1. The van der Waals surface area contributed by atoms with Gasteiger partial charge in [-0.2, -0.15) is 13.2 Å². The molecule has 1 rings (SSSR count). The number of nitrogens with zero attached hydrogens (tertiary/aromatic N) is 3. The van der Waals surface area contributed by atoms with E-state index in [0.29, 0.717) is 4.90 Å². The van der Waals surface area contributed by atoms with Crippen LogP contribution < -0.4 is 5.73 Å². The lowest BCUT2D eigenvalue weighted by Gasteiger charge is -2.27. The van der Waals surface area contributed by atoms with Crippen LogP contribution in [0.2, 0.25) is 0 Å². The van der Waals surface area contributed by atoms with Gasteiger partial charge in [0.1, 0.15) is 13.1 Å². The third-order valence-corrected chi connectivity index (χ3v) is 2.90. The first-order valence-electron chi connectivity index (χ1n) is 6.15. The highest BCUT2D eigenvalue weighted by atomic mass is 19.4. The zero-order chi connectivity index (χ0) is 14.5. The summed E-state index contributed by atoms with van der Waals surface area (Å²) in [6.45, 7) is -0.0658. The summed E-state index contributed by atoms with van der Waals surface area (Å²) in [7, 11) is 1.10. The first-order valence-corrected chi connectivity index (χ1v) is 6.15. The van der Waals surface area contributed by atoms with Crippen molar-refractivity contribution < 1.29 is 18.0 Å². The van der Waals surface area contributed by atoms with Gasteiger partial charge in [0.2, 0.25) is 5.91 Å². The van der Waals surface area contributed by atoms with Crippen molar-refractivity contribution in [3.63, 3.8) is 0 Å². The molecule has 2 N–H and O–H groups in total. The number of alkyl halides is 3. The van der Waals surface area contributed by atoms with Gasteiger partial charge in [-0.05, 0) is 19.3 Å². The largest absolute Gasteiger partial charge is 0.406 e. The van der Waals surface area contributed by atoms with Gasteiger partial charge in [-0.3, -0.25) is 4.79 Å². The van der Waals surface area contributed by atoms with E-state index in [2.05, 4.69) is 4.99 Å². The van der Waals surface area contributed by atoms with E-state index in [4.69, 9.17) is 5.73 Å². The van der Waals surface area contributed by atoms with E-state index < -0.39 is 18.6 Å². The van der Waals surface area contributed by atoms with Crippen molar-refractivity contribution in [3.8, 4) is 0 Å². The molecule has 0 radical (unpaired) electrons. The second kappa shape index (κ2) is 6.63. The Morgan fingerprint density at radius 2 is 1.89 bits per heavy atom. The molecular formula is C11H19F3N4O. The van der Waals surface area contributed by atoms with Gasteiger partial charge >= 0.3 is 6.18 Å². The average molecular weight is 280 g/mol. The normalized spacial score (nSPS) is 17.5. The van der Waals surface area contributed by atoms with Crippen LogP contribution in [0.4, 0.5) is 13.2 Å². The summed E-state index contributed by atoms with van der Waals surface area (Å²) < 4.78 is 36.3. The van der Waals surface area contributed by atoms with Crippen molar-refractivity contribution in [2.75, 3.05) is 33.2 Å². The van der Waals surface area contributed by atoms with Crippen LogP contribution in [-0.2, 0) is 4.79 Å². The summed E-state index contributed by atoms with van der Waals surface area (Å²) in [5, 5.41) is 0. The monoisotopic (exact) mass is 280 g/mol. The Labute approximate surface area is 110 Å². The van der Waals surface area contributed by atoms with Crippen LogP contribution in [0.25, 0.3) is 0 Å². The molecule has 0 atom stereocenters. The van der Waals surface area contributed by atoms with Gasteiger partial charge in [0.25, 0.3) is 0 Å². The first-order chi connectivity index (χ1) is 8.79. The predicted octanol–water partition coefficient (Wildman–Crippen LogP) is 0.808. The lowest BCUT2D eigenvalue weighted by Crippen LogP contribution is -2.42. The number of piperidine rings is 1. The molecule has 0 aromatic carbocycles. The minimum absolute atomic E-state index is 0.230. The Morgan fingerprint density at radius 3 is 2.42 bits per heavy atom. The standard InChI is InChI=1S/C11H19F3N4O/c1-17(8-11(12,13)14)9(19)7-16-10(15)18-5-3-2-4-6-18/h2-8H2,1H3,(H2,15,16). The maximum atomic E-state index is 12.1. The maximum absolute atomic E-state index is 12.1. The number of likely N-dealkylation sites (N-methyl/N-ethyl adjacent to an activating group) is 1. The van der Waals surface area contributed by atoms with Crippen molar-refractivity contribution in [1.29, 1.82) is 0 Å². The van der Waals surface area contributed by atoms with E-state index in [9.17, 15) is 18.0 Å². The molecule has 5 nitrogen and oxygen atoms in total. The summed E-state index contributed by atoms with van der Waals surface area (Å²) in [6, 6.07) is 0. The van der Waals surface area contributed by atoms with Crippen LogP contribution in [-0.4, -0.2) is 61.1 Å². The minimum Gasteiger partial charge on any atom is -0.370 e. The van der Waals surface area contributed by atoms with Crippen LogP contribution >= 0.6 is 0 Å². The number of rotatable bonds is 3. The summed E-state index contributed by atoms with van der Waals surface area (Å²) >= 11 is 0. The fourth-order valence-electron chi connectivity index (χ4n) is 1.85. The molecule has 1 amide bonds. The van der Waals surface area contributed by atoms with Crippen LogP contribution in [0.1, 0.15) is 19.3 Å². The average Bonchev–Trinajstić information content (AvgIpc) is 2.34. The second-order valence-corrected chi connectivity index (χ2v) is 4.59. The molecule has 1 heterocycles. The van der Waals surface area contributed by atoms with Gasteiger partial charge in [-0.15, -0.1) is 0 Å². The summed E-state index contributed by atoms with van der Waals surface area (Å²) in [6.07, 6.45) is -1.24. The van der Waals surface area contributed by atoms with Crippen molar-refractivity contribution in [2.24, 2.45) is 10.7 Å². The van der Waals surface area contributed by atoms with E-state index in [1.807, 2.05) is 4.90 Å². The second-order valence-electron chi connectivity index (χ2n) is 4.59. The molecule has 0 spiro atoms. The molecule has 1 fully saturated rings. The number of amides is 1. The lowest BCUT2D eigenvalue weighted by molar-refractivity contribution is -0.157. The zero-order valence-corrected chi connectivity index (χ0v) is 10.9. The van der Waals surface area contributed by atoms with Crippen molar-refractivity contribution in [3.05, 3.63) is 0 Å². The predicted molar refractivity (Wildman–Crippen MR) is 65.6 cm³/mol. The quantitative estimate of drug-likeness (QED) is 0.614. The molecule has 0 aromatic heterocycles. The van der Waals surface area contributed by atoms with Crippen LogP contribution in [0.5, 0.6) is 0 Å². The van der Waals surface area contributed by atoms with Crippen LogP contribution in [0.15, 0.2) is 4.99 Å². The zero-order valence-electron chi connectivity index (χ0n) is 10.9. The van der Waals surface area contributed by atoms with E-state index in [0.717, 1.165) is 39.4 Å². The summed E-state index contributed by atoms with van der Waals surface area (Å²) in [5.74, 6) is -0.467. The van der Waals surface area contributed by atoms with Gasteiger partial charge in [-0.1, -0.05) is 0 Å². The molecule has 1 saturated heterocycles. The number of hydrogen-bond donors (Lipinski definition) is 1. The number of carbonyl (C=O) groups excluding carboxylic acids is 1. The van der Waals surface area contributed by atoms with Gasteiger partial charge in [-0.25, -0.2) is 4.99 Å². The Hall–Kier alpha value is -1.47. The number of hydrogen-bond acceptors (Lipinski definition) is 2. The Kier molecular flexibility index (Phi) is 5.44. The molecule has 110 valence electrons. The minimum atomic E-state index is -4.40. The Balaban J connectivity index is 2.43. The molecule has 1 aliphatic rings. The Morgan fingerprint density at radius 1 is 1.32 bits per heavy atom. The highest BCUT2D eigenvalue weighted by molar-refractivity contribution is 5.84. The molecule has 0 unspecified atom stereocenters. The van der Waals surface area contributed by atoms with Crippen LogP contribution in [0.3, 0.4) is 0 Å². The summed E-state index contributed by atoms with van der Waals surface area (Å²) in [5.41, 5.74) is 5.71. The number of nitrogens with two attached hydrogens (primary N) is 1. The first kappa shape index (κ1) is 15.6. The number of likely N-dealkylation sites (tertiary alicyclic amines) is 1. The lowest BCUT2D eigenvalue weighted by atomic mass is 10.1. The van der Waals surface area contributed by atoms with E-state index in [-0.39, 0.29) is 12.5 Å². The molecule has 19 heavy (non-hydrogen) atoms. The van der Waals surface area contributed by atoms with E-state index in [1.165, 1.54) is 0 Å². The molecule has 1 aliphatic heterocycles. The fourth-order valence-corrected chi connectivity index (χ4v) is 1.85. The topological polar surface area (TPSA) is 61.9 Å². The third-order valence-electron chi connectivity index (χ3n) is 2.90. The van der Waals surface area contributed by atoms with Crippen molar-refractivity contribution in [2.45, 2.75) is 25.4 Å². The number of carbonyl (C=O) groups is 1. The van der Waals surface area contributed by atoms with Gasteiger partial charge in [0.05, 0.1) is 0 Å². The maximum Gasteiger partial charge on any atom is 0.406 e. The highest BCUT2D eigenvalue weighted by Gasteiger charge is 2.31. The van der Waals surface area contributed by atoms with Gasteiger partial charge in [0, 0.05) is 20.1 Å². The van der Waals surface area contributed by atoms with Crippen molar-refractivity contribution in [1.82, 2.24) is 9.80 Å².